The largest absolute Gasteiger partial charge is 0.495 e. The Labute approximate surface area is 192 Å². The summed E-state index contributed by atoms with van der Waals surface area (Å²) in [5.74, 6) is 1.86. The van der Waals surface area contributed by atoms with Gasteiger partial charge in [0.25, 0.3) is 5.91 Å². The molecule has 2 aromatic carbocycles. The fourth-order valence-electron chi connectivity index (χ4n) is 4.02. The van der Waals surface area contributed by atoms with Gasteiger partial charge in [-0.15, -0.1) is 5.10 Å². The van der Waals surface area contributed by atoms with Crippen molar-refractivity contribution in [2.75, 3.05) is 38.2 Å². The van der Waals surface area contributed by atoms with Crippen LogP contribution in [-0.2, 0) is 0 Å². The second-order valence-electron chi connectivity index (χ2n) is 7.93. The first-order valence-electron chi connectivity index (χ1n) is 10.9. The summed E-state index contributed by atoms with van der Waals surface area (Å²) in [5.41, 5.74) is 3.00. The Balaban J connectivity index is 1.38. The lowest BCUT2D eigenvalue weighted by Gasteiger charge is -2.36. The van der Waals surface area contributed by atoms with Crippen LogP contribution in [0.25, 0.3) is 17.3 Å². The van der Waals surface area contributed by atoms with E-state index in [4.69, 9.17) is 9.15 Å². The smallest absolute Gasteiger partial charge is 0.293 e. The van der Waals surface area contributed by atoms with Gasteiger partial charge < -0.3 is 19.0 Å². The summed E-state index contributed by atoms with van der Waals surface area (Å²) in [7, 11) is 1.67. The van der Waals surface area contributed by atoms with Gasteiger partial charge in [-0.3, -0.25) is 4.79 Å². The maximum absolute atomic E-state index is 13.3. The maximum atomic E-state index is 13.3. The predicted octanol–water partition coefficient (Wildman–Crippen LogP) is 3.81. The Bertz CT molecular complexity index is 1240. The number of furan rings is 1. The second kappa shape index (κ2) is 8.82. The number of hydrogen-bond donors (Lipinski definition) is 0. The van der Waals surface area contributed by atoms with Crippen LogP contribution in [-0.4, -0.2) is 58.9 Å². The van der Waals surface area contributed by atoms with Gasteiger partial charge in [-0.25, -0.2) is 4.68 Å². The highest BCUT2D eigenvalue weighted by atomic mass is 16.5. The van der Waals surface area contributed by atoms with Crippen molar-refractivity contribution in [2.24, 2.45) is 0 Å². The van der Waals surface area contributed by atoms with Crippen molar-refractivity contribution in [3.8, 4) is 23.0 Å². The third-order valence-corrected chi connectivity index (χ3v) is 5.81. The average Bonchev–Trinajstić information content (AvgIpc) is 3.54. The zero-order chi connectivity index (χ0) is 22.8. The standard InChI is InChI=1S/C25H25N5O3/c1-18-9-11-19(12-10-18)30-24(22-8-5-17-33-22)26-23(27-30)25(31)29-15-13-28(14-16-29)20-6-3-4-7-21(20)32-2/h3-12,17H,13-16H2,1-2H3. The summed E-state index contributed by atoms with van der Waals surface area (Å²) >= 11 is 0. The molecule has 1 aliphatic heterocycles. The lowest BCUT2D eigenvalue weighted by atomic mass is 10.2. The number of aromatic nitrogens is 3. The van der Waals surface area contributed by atoms with Crippen LogP contribution in [0.2, 0.25) is 0 Å². The number of carbonyl (C=O) groups is 1. The Morgan fingerprint density at radius 1 is 0.970 bits per heavy atom. The van der Waals surface area contributed by atoms with Gasteiger partial charge >= 0.3 is 0 Å². The number of methoxy groups -OCH3 is 1. The molecule has 0 saturated carbocycles. The van der Waals surface area contributed by atoms with Crippen LogP contribution in [0.1, 0.15) is 16.2 Å². The van der Waals surface area contributed by atoms with Crippen LogP contribution in [0.15, 0.2) is 71.3 Å². The van der Waals surface area contributed by atoms with Crippen molar-refractivity contribution >= 4 is 11.6 Å². The number of aryl methyl sites for hydroxylation is 1. The van der Waals surface area contributed by atoms with Crippen LogP contribution in [0.5, 0.6) is 5.75 Å². The molecule has 0 spiro atoms. The lowest BCUT2D eigenvalue weighted by Crippen LogP contribution is -2.49. The summed E-state index contributed by atoms with van der Waals surface area (Å²) < 4.78 is 12.7. The van der Waals surface area contributed by atoms with Crippen LogP contribution < -0.4 is 9.64 Å². The zero-order valence-electron chi connectivity index (χ0n) is 18.6. The van der Waals surface area contributed by atoms with Crippen LogP contribution in [0, 0.1) is 6.92 Å². The molecule has 8 nitrogen and oxygen atoms in total. The molecule has 0 N–H and O–H groups in total. The van der Waals surface area contributed by atoms with Crippen molar-refractivity contribution in [3.63, 3.8) is 0 Å². The molecule has 8 heteroatoms. The molecule has 2 aromatic heterocycles. The molecule has 0 radical (unpaired) electrons. The van der Waals surface area contributed by atoms with Crippen LogP contribution in [0.4, 0.5) is 5.69 Å². The van der Waals surface area contributed by atoms with E-state index in [1.54, 1.807) is 29.0 Å². The second-order valence-corrected chi connectivity index (χ2v) is 7.93. The van der Waals surface area contributed by atoms with Gasteiger partial charge in [0.1, 0.15) is 5.75 Å². The van der Waals surface area contributed by atoms with Crippen molar-refractivity contribution in [3.05, 3.63) is 78.3 Å². The molecule has 1 amide bonds. The molecule has 1 aliphatic rings. The van der Waals surface area contributed by atoms with Gasteiger partial charge in [0.2, 0.25) is 5.82 Å². The molecular formula is C25H25N5O3. The van der Waals surface area contributed by atoms with E-state index in [0.717, 1.165) is 22.7 Å². The Hall–Kier alpha value is -4.07. The van der Waals surface area contributed by atoms with Crippen LogP contribution in [0.3, 0.4) is 0 Å². The Kier molecular flexibility index (Phi) is 5.56. The molecule has 0 aliphatic carbocycles. The van der Waals surface area contributed by atoms with Gasteiger partial charge in [-0.2, -0.15) is 4.98 Å². The zero-order valence-corrected chi connectivity index (χ0v) is 18.6. The molecule has 168 valence electrons. The molecule has 5 rings (SSSR count). The number of hydrogen-bond acceptors (Lipinski definition) is 6. The maximum Gasteiger partial charge on any atom is 0.293 e. The number of benzene rings is 2. The molecule has 1 saturated heterocycles. The first-order valence-corrected chi connectivity index (χ1v) is 10.9. The number of anilines is 1. The molecular weight excluding hydrogens is 418 g/mol. The van der Waals surface area contributed by atoms with E-state index >= 15 is 0 Å². The summed E-state index contributed by atoms with van der Waals surface area (Å²) in [6.45, 7) is 4.59. The minimum Gasteiger partial charge on any atom is -0.495 e. The lowest BCUT2D eigenvalue weighted by molar-refractivity contribution is 0.0734. The fraction of sp³-hybridized carbons (Fsp3) is 0.240. The van der Waals surface area contributed by atoms with Gasteiger partial charge in [-0.1, -0.05) is 29.8 Å². The highest BCUT2D eigenvalue weighted by molar-refractivity contribution is 5.91. The van der Waals surface area contributed by atoms with E-state index in [1.807, 2.05) is 61.5 Å². The molecule has 3 heterocycles. The number of para-hydroxylation sites is 2. The number of ether oxygens (including phenoxy) is 1. The Morgan fingerprint density at radius 2 is 1.73 bits per heavy atom. The van der Waals surface area contributed by atoms with E-state index in [0.29, 0.717) is 37.8 Å². The van der Waals surface area contributed by atoms with Crippen molar-refractivity contribution in [1.29, 1.82) is 0 Å². The van der Waals surface area contributed by atoms with Crippen LogP contribution >= 0.6 is 0 Å². The summed E-state index contributed by atoms with van der Waals surface area (Å²) in [6, 6.07) is 19.5. The van der Waals surface area contributed by atoms with Crippen molar-refractivity contribution < 1.29 is 13.9 Å². The third-order valence-electron chi connectivity index (χ3n) is 5.81. The van der Waals surface area contributed by atoms with Gasteiger partial charge in [0.15, 0.2) is 11.6 Å². The number of carbonyl (C=O) groups excluding carboxylic acids is 1. The molecule has 4 aromatic rings. The Morgan fingerprint density at radius 3 is 2.42 bits per heavy atom. The molecule has 33 heavy (non-hydrogen) atoms. The van der Waals surface area contributed by atoms with E-state index in [9.17, 15) is 4.79 Å². The molecule has 1 fully saturated rings. The van der Waals surface area contributed by atoms with E-state index in [-0.39, 0.29) is 11.7 Å². The fourth-order valence-corrected chi connectivity index (χ4v) is 4.02. The highest BCUT2D eigenvalue weighted by Crippen LogP contribution is 2.29. The normalized spacial score (nSPS) is 13.9. The minimum absolute atomic E-state index is 0.160. The average molecular weight is 444 g/mol. The minimum atomic E-state index is -0.187. The quantitative estimate of drug-likeness (QED) is 0.467. The number of piperazine rings is 1. The van der Waals surface area contributed by atoms with Gasteiger partial charge in [0, 0.05) is 26.2 Å². The molecule has 0 unspecified atom stereocenters. The summed E-state index contributed by atoms with van der Waals surface area (Å²) in [5, 5.41) is 4.57. The number of rotatable bonds is 5. The van der Waals surface area contributed by atoms with Crippen molar-refractivity contribution in [1.82, 2.24) is 19.7 Å². The monoisotopic (exact) mass is 443 g/mol. The number of nitrogens with zero attached hydrogens (tertiary/aromatic N) is 5. The van der Waals surface area contributed by atoms with E-state index in [1.165, 1.54) is 0 Å². The molecule has 0 atom stereocenters. The number of amides is 1. The predicted molar refractivity (Wildman–Crippen MR) is 125 cm³/mol. The van der Waals surface area contributed by atoms with Gasteiger partial charge in [-0.05, 0) is 43.3 Å². The summed E-state index contributed by atoms with van der Waals surface area (Å²) in [6.07, 6.45) is 1.59. The van der Waals surface area contributed by atoms with Gasteiger partial charge in [0.05, 0.1) is 24.7 Å². The highest BCUT2D eigenvalue weighted by Gasteiger charge is 2.28. The van der Waals surface area contributed by atoms with E-state index in [2.05, 4.69) is 15.0 Å². The van der Waals surface area contributed by atoms with Crippen molar-refractivity contribution in [2.45, 2.75) is 6.92 Å². The molecule has 0 bridgehead atoms. The van der Waals surface area contributed by atoms with E-state index < -0.39 is 0 Å². The topological polar surface area (TPSA) is 76.6 Å². The third kappa shape index (κ3) is 4.07. The summed E-state index contributed by atoms with van der Waals surface area (Å²) in [4.78, 5) is 21.9. The first kappa shape index (κ1) is 20.8. The SMILES string of the molecule is COc1ccccc1N1CCN(C(=O)c2nc(-c3ccco3)n(-c3ccc(C)cc3)n2)CC1. The first-order chi connectivity index (χ1) is 16.1.